The van der Waals surface area contributed by atoms with Gasteiger partial charge in [0.15, 0.2) is 0 Å². The number of fused-ring (bicyclic) bond motifs is 1. The van der Waals surface area contributed by atoms with E-state index in [-0.39, 0.29) is 6.10 Å². The van der Waals surface area contributed by atoms with Crippen molar-refractivity contribution in [3.63, 3.8) is 0 Å². The van der Waals surface area contributed by atoms with Gasteiger partial charge < -0.3 is 9.64 Å². The first-order valence-electron chi connectivity index (χ1n) is 9.98. The summed E-state index contributed by atoms with van der Waals surface area (Å²) in [6.45, 7) is 5.81. The van der Waals surface area contributed by atoms with Crippen molar-refractivity contribution in [1.29, 1.82) is 0 Å². The summed E-state index contributed by atoms with van der Waals surface area (Å²) in [4.78, 5) is 19.8. The second-order valence-corrected chi connectivity index (χ2v) is 7.58. The van der Waals surface area contributed by atoms with E-state index in [4.69, 9.17) is 4.74 Å². The van der Waals surface area contributed by atoms with Crippen LogP contribution in [0.3, 0.4) is 0 Å². The van der Waals surface area contributed by atoms with E-state index in [9.17, 15) is 0 Å². The Morgan fingerprint density at radius 2 is 1.73 bits per heavy atom. The third-order valence-electron chi connectivity index (χ3n) is 5.56. The number of nitrogens with zero attached hydrogens (tertiary/aromatic N) is 9. The van der Waals surface area contributed by atoms with E-state index in [0.717, 1.165) is 54.1 Å². The largest absolute Gasteiger partial charge is 0.460 e. The molecule has 30 heavy (non-hydrogen) atoms. The number of piperidine rings is 1. The van der Waals surface area contributed by atoms with Crippen LogP contribution in [0.25, 0.3) is 16.9 Å². The molecule has 0 radical (unpaired) electrons. The van der Waals surface area contributed by atoms with Crippen molar-refractivity contribution >= 4 is 11.6 Å². The van der Waals surface area contributed by atoms with Crippen LogP contribution in [0.5, 0.6) is 6.01 Å². The van der Waals surface area contributed by atoms with E-state index >= 15 is 0 Å². The molecule has 1 aliphatic heterocycles. The highest BCUT2D eigenvalue weighted by molar-refractivity contribution is 5.59. The molecule has 10 heteroatoms. The summed E-state index contributed by atoms with van der Waals surface area (Å²) in [7, 11) is 1.89. The zero-order chi connectivity index (χ0) is 20.7. The van der Waals surface area contributed by atoms with Crippen LogP contribution in [0.15, 0.2) is 31.1 Å². The zero-order valence-electron chi connectivity index (χ0n) is 17.2. The summed E-state index contributed by atoms with van der Waals surface area (Å²) in [6, 6.07) is 0.413. The zero-order valence-corrected chi connectivity index (χ0v) is 17.2. The molecule has 0 saturated carbocycles. The molecule has 0 N–H and O–H groups in total. The minimum Gasteiger partial charge on any atom is -0.460 e. The van der Waals surface area contributed by atoms with Crippen LogP contribution < -0.4 is 9.64 Å². The predicted octanol–water partition coefficient (Wildman–Crippen LogP) is 1.98. The third-order valence-corrected chi connectivity index (χ3v) is 5.56. The Hall–Kier alpha value is -3.56. The monoisotopic (exact) mass is 405 g/mol. The number of ether oxygens (including phenoxy) is 1. The molecule has 0 atom stereocenters. The van der Waals surface area contributed by atoms with Gasteiger partial charge in [-0.2, -0.15) is 19.7 Å². The Kier molecular flexibility index (Phi) is 4.53. The molecule has 0 unspecified atom stereocenters. The normalized spacial score (nSPS) is 15.1. The van der Waals surface area contributed by atoms with Crippen molar-refractivity contribution in [2.24, 2.45) is 7.05 Å². The second-order valence-electron chi connectivity index (χ2n) is 7.58. The minimum absolute atomic E-state index is 0.0833. The molecule has 1 aliphatic rings. The molecule has 154 valence electrons. The predicted molar refractivity (Wildman–Crippen MR) is 110 cm³/mol. The Balaban J connectivity index is 1.26. The van der Waals surface area contributed by atoms with Crippen LogP contribution >= 0.6 is 0 Å². The molecule has 0 aliphatic carbocycles. The maximum atomic E-state index is 6.05. The first-order valence-corrected chi connectivity index (χ1v) is 9.98. The van der Waals surface area contributed by atoms with Gasteiger partial charge in [0.1, 0.15) is 18.2 Å². The second kappa shape index (κ2) is 7.36. The number of aromatic nitrogens is 8. The lowest BCUT2D eigenvalue weighted by molar-refractivity contribution is 0.156. The molecule has 10 nitrogen and oxygen atoms in total. The fraction of sp³-hybridized carbons (Fsp3) is 0.400. The van der Waals surface area contributed by atoms with Crippen LogP contribution in [0.4, 0.5) is 5.82 Å². The molecule has 1 fully saturated rings. The topological polar surface area (TPSA) is 99.1 Å². The molecule has 4 aromatic rings. The average molecular weight is 405 g/mol. The van der Waals surface area contributed by atoms with Gasteiger partial charge in [-0.05, 0) is 13.8 Å². The summed E-state index contributed by atoms with van der Waals surface area (Å²) < 4.78 is 9.62. The summed E-state index contributed by atoms with van der Waals surface area (Å²) in [6.07, 6.45) is 10.7. The Labute approximate surface area is 173 Å². The van der Waals surface area contributed by atoms with E-state index in [1.54, 1.807) is 29.6 Å². The van der Waals surface area contributed by atoms with Crippen LogP contribution in [0.2, 0.25) is 0 Å². The van der Waals surface area contributed by atoms with E-state index in [1.807, 2.05) is 24.7 Å². The van der Waals surface area contributed by atoms with Crippen LogP contribution in [-0.4, -0.2) is 58.5 Å². The molecule has 4 aromatic heterocycles. The Morgan fingerprint density at radius 3 is 2.43 bits per heavy atom. The standard InChI is InChI=1S/C20H23N9O/c1-13-14(2)26-19-23-12-25-29(19)18(13)28-6-4-17(5-7-28)30-20-21-8-15(9-22-20)16-10-24-27(3)11-16/h8-12,17H,4-7H2,1-3H3. The lowest BCUT2D eigenvalue weighted by Gasteiger charge is -2.34. The summed E-state index contributed by atoms with van der Waals surface area (Å²) >= 11 is 0. The van der Waals surface area contributed by atoms with E-state index in [1.165, 1.54) is 0 Å². The Bertz CT molecular complexity index is 1170. The van der Waals surface area contributed by atoms with Crippen molar-refractivity contribution in [2.45, 2.75) is 32.8 Å². The minimum atomic E-state index is 0.0833. The smallest absolute Gasteiger partial charge is 0.316 e. The van der Waals surface area contributed by atoms with Gasteiger partial charge in [0.05, 0.1) is 6.20 Å². The number of hydrogen-bond acceptors (Lipinski definition) is 8. The van der Waals surface area contributed by atoms with Crippen LogP contribution in [-0.2, 0) is 7.05 Å². The molecular weight excluding hydrogens is 382 g/mol. The number of hydrogen-bond donors (Lipinski definition) is 0. The highest BCUT2D eigenvalue weighted by atomic mass is 16.5. The SMILES string of the molecule is Cc1nc2ncnn2c(N2CCC(Oc3ncc(-c4cnn(C)c4)cn3)CC2)c1C. The third kappa shape index (κ3) is 3.34. The lowest BCUT2D eigenvalue weighted by Crippen LogP contribution is -2.40. The highest BCUT2D eigenvalue weighted by Gasteiger charge is 2.25. The Morgan fingerprint density at radius 1 is 0.967 bits per heavy atom. The molecule has 5 heterocycles. The van der Waals surface area contributed by atoms with Gasteiger partial charge >= 0.3 is 6.01 Å². The van der Waals surface area contributed by atoms with Crippen molar-refractivity contribution in [1.82, 2.24) is 39.3 Å². The summed E-state index contributed by atoms with van der Waals surface area (Å²) in [5.74, 6) is 1.69. The molecular formula is C20H23N9O. The van der Waals surface area contributed by atoms with E-state index < -0.39 is 0 Å². The summed E-state index contributed by atoms with van der Waals surface area (Å²) in [5.41, 5.74) is 4.01. The first-order chi connectivity index (χ1) is 14.6. The molecule has 0 aromatic carbocycles. The van der Waals surface area contributed by atoms with Crippen LogP contribution in [0, 0.1) is 13.8 Å². The first kappa shape index (κ1) is 18.5. The van der Waals surface area contributed by atoms with E-state index in [2.05, 4.69) is 42.0 Å². The molecule has 1 saturated heterocycles. The fourth-order valence-corrected chi connectivity index (χ4v) is 3.82. The molecule has 5 rings (SSSR count). The summed E-state index contributed by atoms with van der Waals surface area (Å²) in [5, 5.41) is 8.54. The molecule has 0 bridgehead atoms. The van der Waals surface area contributed by atoms with E-state index in [0.29, 0.717) is 11.8 Å². The van der Waals surface area contributed by atoms with Gasteiger partial charge in [0.25, 0.3) is 5.78 Å². The molecule has 0 amide bonds. The maximum absolute atomic E-state index is 6.05. The van der Waals surface area contributed by atoms with Gasteiger partial charge in [-0.15, -0.1) is 0 Å². The van der Waals surface area contributed by atoms with Crippen molar-refractivity contribution in [2.75, 3.05) is 18.0 Å². The highest BCUT2D eigenvalue weighted by Crippen LogP contribution is 2.27. The van der Waals surface area contributed by atoms with Crippen molar-refractivity contribution in [3.8, 4) is 17.1 Å². The fourth-order valence-electron chi connectivity index (χ4n) is 3.82. The lowest BCUT2D eigenvalue weighted by atomic mass is 10.1. The maximum Gasteiger partial charge on any atom is 0.316 e. The number of aryl methyl sites for hydroxylation is 2. The number of anilines is 1. The quantitative estimate of drug-likeness (QED) is 0.508. The van der Waals surface area contributed by atoms with Crippen molar-refractivity contribution in [3.05, 3.63) is 42.4 Å². The van der Waals surface area contributed by atoms with Gasteiger partial charge in [-0.25, -0.2) is 15.0 Å². The molecule has 0 spiro atoms. The van der Waals surface area contributed by atoms with Crippen LogP contribution in [0.1, 0.15) is 24.1 Å². The van der Waals surface area contributed by atoms with Gasteiger partial charge in [0.2, 0.25) is 0 Å². The number of rotatable bonds is 4. The van der Waals surface area contributed by atoms with Gasteiger partial charge in [-0.1, -0.05) is 0 Å². The van der Waals surface area contributed by atoms with Crippen molar-refractivity contribution < 1.29 is 4.74 Å². The van der Waals surface area contributed by atoms with Gasteiger partial charge in [-0.3, -0.25) is 4.68 Å². The van der Waals surface area contributed by atoms with Gasteiger partial charge in [0, 0.05) is 74.0 Å². The average Bonchev–Trinajstić information content (AvgIpc) is 3.39.